The minimum Gasteiger partial charge on any atom is -0.489 e. The Morgan fingerprint density at radius 1 is 1.14 bits per heavy atom. The summed E-state index contributed by atoms with van der Waals surface area (Å²) in [6.07, 6.45) is 9.86. The number of rotatable bonds is 8. The number of benzene rings is 1. The molecule has 28 heavy (non-hydrogen) atoms. The van der Waals surface area contributed by atoms with Crippen LogP contribution in [0, 0.1) is 0 Å². The van der Waals surface area contributed by atoms with Crippen LogP contribution in [0.25, 0.3) is 0 Å². The number of pyridine rings is 1. The monoisotopic (exact) mass is 381 g/mol. The average Bonchev–Trinajstić information content (AvgIpc) is 2.74. The second-order valence-electron chi connectivity index (χ2n) is 7.73. The highest BCUT2D eigenvalue weighted by Gasteiger charge is 2.18. The Hall–Kier alpha value is -2.40. The molecular formula is C23H31N3O2. The Balaban J connectivity index is 1.43. The molecule has 1 aromatic heterocycles. The zero-order valence-electron chi connectivity index (χ0n) is 16.9. The van der Waals surface area contributed by atoms with Gasteiger partial charge in [0.1, 0.15) is 11.9 Å². The van der Waals surface area contributed by atoms with Crippen LogP contribution >= 0.6 is 0 Å². The fourth-order valence-electron chi connectivity index (χ4n) is 3.73. The van der Waals surface area contributed by atoms with Gasteiger partial charge in [-0.1, -0.05) is 31.4 Å². The van der Waals surface area contributed by atoms with Crippen LogP contribution in [0.4, 0.5) is 0 Å². The molecule has 3 rings (SSSR count). The molecule has 0 bridgehead atoms. The number of aromatic nitrogens is 1. The SMILES string of the molecule is CC(CNC(=O)c1ccncc1)Oc1ccc(CN(C)C2CCCCC2)cc1. The maximum Gasteiger partial charge on any atom is 0.251 e. The van der Waals surface area contributed by atoms with Gasteiger partial charge >= 0.3 is 0 Å². The van der Waals surface area contributed by atoms with Gasteiger partial charge in [0, 0.05) is 30.5 Å². The van der Waals surface area contributed by atoms with E-state index >= 15 is 0 Å². The summed E-state index contributed by atoms with van der Waals surface area (Å²) in [4.78, 5) is 18.5. The fraction of sp³-hybridized carbons (Fsp3) is 0.478. The van der Waals surface area contributed by atoms with Gasteiger partial charge in [-0.2, -0.15) is 0 Å². The number of carbonyl (C=O) groups is 1. The summed E-state index contributed by atoms with van der Waals surface area (Å²) in [5, 5.41) is 2.89. The molecule has 0 aliphatic heterocycles. The first-order valence-electron chi connectivity index (χ1n) is 10.3. The molecule has 5 heteroatoms. The van der Waals surface area contributed by atoms with Crippen LogP contribution in [-0.2, 0) is 6.54 Å². The van der Waals surface area contributed by atoms with Gasteiger partial charge in [-0.15, -0.1) is 0 Å². The van der Waals surface area contributed by atoms with Crippen molar-refractivity contribution in [1.29, 1.82) is 0 Å². The topological polar surface area (TPSA) is 54.5 Å². The molecule has 5 nitrogen and oxygen atoms in total. The quantitative estimate of drug-likeness (QED) is 0.750. The molecule has 1 unspecified atom stereocenters. The number of carbonyl (C=O) groups excluding carboxylic acids is 1. The third kappa shape index (κ3) is 6.06. The predicted octanol–water partition coefficient (Wildman–Crippen LogP) is 4.04. The third-order valence-corrected chi connectivity index (χ3v) is 5.38. The number of nitrogens with zero attached hydrogens (tertiary/aromatic N) is 2. The van der Waals surface area contributed by atoms with Crippen molar-refractivity contribution in [3.05, 3.63) is 59.9 Å². The predicted molar refractivity (Wildman–Crippen MR) is 111 cm³/mol. The lowest BCUT2D eigenvalue weighted by Gasteiger charge is -2.31. The van der Waals surface area contributed by atoms with Crippen LogP contribution in [0.15, 0.2) is 48.8 Å². The van der Waals surface area contributed by atoms with Crippen molar-refractivity contribution < 1.29 is 9.53 Å². The molecule has 1 N–H and O–H groups in total. The molecule has 1 saturated carbocycles. The van der Waals surface area contributed by atoms with Gasteiger partial charge in [0.05, 0.1) is 6.54 Å². The molecule has 1 heterocycles. The molecular weight excluding hydrogens is 350 g/mol. The lowest BCUT2D eigenvalue weighted by Crippen LogP contribution is -2.33. The van der Waals surface area contributed by atoms with Crippen LogP contribution in [0.2, 0.25) is 0 Å². The Labute approximate surface area is 168 Å². The first-order valence-corrected chi connectivity index (χ1v) is 10.3. The van der Waals surface area contributed by atoms with E-state index in [9.17, 15) is 4.79 Å². The van der Waals surface area contributed by atoms with Crippen molar-refractivity contribution in [3.8, 4) is 5.75 Å². The van der Waals surface area contributed by atoms with Crippen LogP contribution in [0.3, 0.4) is 0 Å². The molecule has 0 radical (unpaired) electrons. The number of ether oxygens (including phenoxy) is 1. The van der Waals surface area contributed by atoms with Crippen molar-refractivity contribution in [3.63, 3.8) is 0 Å². The van der Waals surface area contributed by atoms with E-state index in [4.69, 9.17) is 4.74 Å². The molecule has 1 atom stereocenters. The fourth-order valence-corrected chi connectivity index (χ4v) is 3.73. The van der Waals surface area contributed by atoms with E-state index in [0.717, 1.165) is 12.3 Å². The average molecular weight is 382 g/mol. The second kappa shape index (κ2) is 10.2. The van der Waals surface area contributed by atoms with E-state index in [0.29, 0.717) is 18.2 Å². The molecule has 1 amide bonds. The van der Waals surface area contributed by atoms with Gasteiger partial charge in [0.25, 0.3) is 5.91 Å². The summed E-state index contributed by atoms with van der Waals surface area (Å²) in [6.45, 7) is 3.38. The first kappa shape index (κ1) is 20.3. The summed E-state index contributed by atoms with van der Waals surface area (Å²) in [5.41, 5.74) is 1.91. The molecule has 1 aliphatic rings. The normalized spacial score (nSPS) is 16.0. The summed E-state index contributed by atoms with van der Waals surface area (Å²) < 4.78 is 5.94. The molecule has 1 aromatic carbocycles. The van der Waals surface area contributed by atoms with E-state index in [1.54, 1.807) is 24.5 Å². The minimum atomic E-state index is -0.112. The number of hydrogen-bond donors (Lipinski definition) is 1. The van der Waals surface area contributed by atoms with Gasteiger partial charge in [0.15, 0.2) is 0 Å². The second-order valence-corrected chi connectivity index (χ2v) is 7.73. The van der Waals surface area contributed by atoms with Crippen molar-refractivity contribution in [1.82, 2.24) is 15.2 Å². The van der Waals surface area contributed by atoms with Crippen molar-refractivity contribution in [2.45, 2.75) is 57.7 Å². The zero-order chi connectivity index (χ0) is 19.8. The van der Waals surface area contributed by atoms with Gasteiger partial charge in [0.2, 0.25) is 0 Å². The van der Waals surface area contributed by atoms with Crippen molar-refractivity contribution in [2.24, 2.45) is 0 Å². The number of nitrogens with one attached hydrogen (secondary N) is 1. The van der Waals surface area contributed by atoms with E-state index in [1.807, 2.05) is 19.1 Å². The van der Waals surface area contributed by atoms with E-state index < -0.39 is 0 Å². The highest BCUT2D eigenvalue weighted by molar-refractivity contribution is 5.93. The van der Waals surface area contributed by atoms with E-state index in [1.165, 1.54) is 37.7 Å². The Morgan fingerprint density at radius 2 is 1.82 bits per heavy atom. The smallest absolute Gasteiger partial charge is 0.251 e. The highest BCUT2D eigenvalue weighted by Crippen LogP contribution is 2.23. The molecule has 2 aromatic rings. The van der Waals surface area contributed by atoms with Crippen LogP contribution in [0.5, 0.6) is 5.75 Å². The minimum absolute atomic E-state index is 0.110. The number of hydrogen-bond acceptors (Lipinski definition) is 4. The largest absolute Gasteiger partial charge is 0.489 e. The molecule has 0 saturated heterocycles. The summed E-state index contributed by atoms with van der Waals surface area (Å²) in [6, 6.07) is 12.4. The molecule has 1 fully saturated rings. The molecule has 1 aliphatic carbocycles. The van der Waals surface area contributed by atoms with Gasteiger partial charge in [-0.3, -0.25) is 14.7 Å². The van der Waals surface area contributed by atoms with Gasteiger partial charge < -0.3 is 10.1 Å². The van der Waals surface area contributed by atoms with Gasteiger partial charge in [-0.05, 0) is 56.6 Å². The maximum atomic E-state index is 12.1. The highest BCUT2D eigenvalue weighted by atomic mass is 16.5. The van der Waals surface area contributed by atoms with Gasteiger partial charge in [-0.25, -0.2) is 0 Å². The van der Waals surface area contributed by atoms with Crippen LogP contribution < -0.4 is 10.1 Å². The zero-order valence-corrected chi connectivity index (χ0v) is 16.9. The molecule has 150 valence electrons. The summed E-state index contributed by atoms with van der Waals surface area (Å²) >= 11 is 0. The maximum absolute atomic E-state index is 12.1. The van der Waals surface area contributed by atoms with E-state index in [-0.39, 0.29) is 12.0 Å². The standard InChI is InChI=1S/C23H31N3O2/c1-18(16-25-23(27)20-12-14-24-15-13-20)28-22-10-8-19(9-11-22)17-26(2)21-6-4-3-5-7-21/h8-15,18,21H,3-7,16-17H2,1-2H3,(H,25,27). The lowest BCUT2D eigenvalue weighted by molar-refractivity contribution is 0.0932. The van der Waals surface area contributed by atoms with Crippen LogP contribution in [-0.4, -0.2) is 41.5 Å². The Morgan fingerprint density at radius 3 is 2.50 bits per heavy atom. The van der Waals surface area contributed by atoms with Crippen LogP contribution in [0.1, 0.15) is 54.9 Å². The summed E-state index contributed by atoms with van der Waals surface area (Å²) in [7, 11) is 2.23. The summed E-state index contributed by atoms with van der Waals surface area (Å²) in [5.74, 6) is 0.716. The Kier molecular flexibility index (Phi) is 7.43. The molecule has 0 spiro atoms. The lowest BCUT2D eigenvalue weighted by atomic mass is 9.94. The first-order chi connectivity index (χ1) is 13.6. The van der Waals surface area contributed by atoms with Crippen molar-refractivity contribution in [2.75, 3.05) is 13.6 Å². The number of amides is 1. The Bertz CT molecular complexity index is 727. The third-order valence-electron chi connectivity index (χ3n) is 5.38. The van der Waals surface area contributed by atoms with Crippen molar-refractivity contribution >= 4 is 5.91 Å². The van der Waals surface area contributed by atoms with E-state index in [2.05, 4.69) is 34.4 Å².